The van der Waals surface area contributed by atoms with E-state index < -0.39 is 51.0 Å². The fourth-order valence-electron chi connectivity index (χ4n) is 4.20. The van der Waals surface area contributed by atoms with Crippen molar-refractivity contribution in [3.63, 3.8) is 0 Å². The zero-order valence-electron chi connectivity index (χ0n) is 18.9. The predicted octanol–water partition coefficient (Wildman–Crippen LogP) is 5.26. The fraction of sp³-hybridized carbons (Fsp3) is 0.240. The monoisotopic (exact) mass is 538 g/mol. The van der Waals surface area contributed by atoms with Crippen LogP contribution in [0.1, 0.15) is 27.6 Å². The number of hydrogen-bond acceptors (Lipinski definition) is 4. The van der Waals surface area contributed by atoms with Crippen molar-refractivity contribution in [1.82, 2.24) is 9.21 Å². The van der Waals surface area contributed by atoms with Crippen molar-refractivity contribution in [2.45, 2.75) is 23.5 Å². The fourth-order valence-corrected chi connectivity index (χ4v) is 6.52. The molecule has 0 aliphatic carbocycles. The van der Waals surface area contributed by atoms with E-state index in [0.29, 0.717) is 24.6 Å². The summed E-state index contributed by atoms with van der Waals surface area (Å²) in [5.74, 6) is -0.958. The van der Waals surface area contributed by atoms with Gasteiger partial charge in [-0.1, -0.05) is 24.3 Å². The Kier molecular flexibility index (Phi) is 7.35. The number of sulfonamides is 1. The Labute approximate surface area is 210 Å². The summed E-state index contributed by atoms with van der Waals surface area (Å²) in [4.78, 5) is 15.5. The number of carbonyl (C=O) groups excluding carboxylic acids is 1. The van der Waals surface area contributed by atoms with Crippen LogP contribution in [0.3, 0.4) is 0 Å². The molecule has 3 aromatic rings. The molecule has 0 fully saturated rings. The molecule has 5 nitrogen and oxygen atoms in total. The van der Waals surface area contributed by atoms with Gasteiger partial charge in [-0.15, -0.1) is 17.9 Å². The average molecular weight is 539 g/mol. The summed E-state index contributed by atoms with van der Waals surface area (Å²) < 4.78 is 80.4. The Morgan fingerprint density at radius 3 is 2.56 bits per heavy atom. The molecule has 1 aliphatic heterocycles. The van der Waals surface area contributed by atoms with Crippen LogP contribution in [0.25, 0.3) is 0 Å². The van der Waals surface area contributed by atoms with Crippen LogP contribution in [0.15, 0.2) is 77.5 Å². The standard InChI is InChI=1S/C25H22F4N2O3S2/c1-2-12-30(36(33,34)20-5-3-4-18(15-20)25(27,28)29)16-23(32)31-13-10-22-21(11-14-35-22)24(31)17-6-8-19(26)9-7-17/h2-9,11,14-15,24H,1,10,12-13,16H2. The van der Waals surface area contributed by atoms with Crippen molar-refractivity contribution >= 4 is 27.3 Å². The van der Waals surface area contributed by atoms with Gasteiger partial charge in [0, 0.05) is 18.0 Å². The van der Waals surface area contributed by atoms with Crippen LogP contribution in [0.5, 0.6) is 0 Å². The molecule has 0 N–H and O–H groups in total. The maximum atomic E-state index is 13.6. The van der Waals surface area contributed by atoms with Crippen LogP contribution in [-0.4, -0.2) is 43.2 Å². The van der Waals surface area contributed by atoms with Crippen molar-refractivity contribution in [3.05, 3.63) is 100 Å². The Hall–Kier alpha value is -3.02. The minimum atomic E-state index is -4.72. The minimum Gasteiger partial charge on any atom is -0.330 e. The van der Waals surface area contributed by atoms with Crippen LogP contribution < -0.4 is 0 Å². The summed E-state index contributed by atoms with van der Waals surface area (Å²) in [6.07, 6.45) is -2.89. The second-order valence-electron chi connectivity index (χ2n) is 8.20. The summed E-state index contributed by atoms with van der Waals surface area (Å²) in [5.41, 5.74) is 0.438. The maximum absolute atomic E-state index is 13.6. The SMILES string of the molecule is C=CCN(CC(=O)N1CCc2sccc2C1c1ccc(F)cc1)S(=O)(=O)c1cccc(C(F)(F)F)c1. The van der Waals surface area contributed by atoms with Gasteiger partial charge in [0.05, 0.1) is 23.0 Å². The van der Waals surface area contributed by atoms with Gasteiger partial charge in [-0.2, -0.15) is 17.5 Å². The highest BCUT2D eigenvalue weighted by molar-refractivity contribution is 7.89. The molecule has 1 amide bonds. The first kappa shape index (κ1) is 26.1. The number of halogens is 4. The molecule has 0 spiro atoms. The molecule has 2 aromatic carbocycles. The third kappa shape index (κ3) is 5.23. The van der Waals surface area contributed by atoms with E-state index in [4.69, 9.17) is 0 Å². The molecule has 1 atom stereocenters. The molecule has 190 valence electrons. The van der Waals surface area contributed by atoms with Gasteiger partial charge in [-0.05, 0) is 59.3 Å². The lowest BCUT2D eigenvalue weighted by Gasteiger charge is -2.37. The minimum absolute atomic E-state index is 0.275. The smallest absolute Gasteiger partial charge is 0.330 e. The number of thiophene rings is 1. The predicted molar refractivity (Wildman–Crippen MR) is 128 cm³/mol. The quantitative estimate of drug-likeness (QED) is 0.305. The lowest BCUT2D eigenvalue weighted by molar-refractivity contribution is -0.137. The summed E-state index contributed by atoms with van der Waals surface area (Å²) in [7, 11) is -4.45. The zero-order chi connectivity index (χ0) is 26.1. The number of alkyl halides is 3. The van der Waals surface area contributed by atoms with Crippen LogP contribution in [0.2, 0.25) is 0 Å². The maximum Gasteiger partial charge on any atom is 0.416 e. The highest BCUT2D eigenvalue weighted by Crippen LogP contribution is 2.38. The van der Waals surface area contributed by atoms with Gasteiger partial charge in [-0.3, -0.25) is 4.79 Å². The first-order chi connectivity index (χ1) is 17.0. The van der Waals surface area contributed by atoms with E-state index in [-0.39, 0.29) is 6.54 Å². The van der Waals surface area contributed by atoms with Gasteiger partial charge < -0.3 is 4.90 Å². The van der Waals surface area contributed by atoms with Gasteiger partial charge >= 0.3 is 6.18 Å². The lowest BCUT2D eigenvalue weighted by Crippen LogP contribution is -2.46. The van der Waals surface area contributed by atoms with E-state index in [1.165, 1.54) is 23.1 Å². The van der Waals surface area contributed by atoms with Gasteiger partial charge in [0.1, 0.15) is 5.82 Å². The highest BCUT2D eigenvalue weighted by atomic mass is 32.2. The van der Waals surface area contributed by atoms with Crippen LogP contribution in [0, 0.1) is 5.82 Å². The first-order valence-electron chi connectivity index (χ1n) is 10.9. The third-order valence-corrected chi connectivity index (χ3v) is 8.72. The van der Waals surface area contributed by atoms with E-state index in [0.717, 1.165) is 32.9 Å². The second-order valence-corrected chi connectivity index (χ2v) is 11.1. The van der Waals surface area contributed by atoms with Crippen LogP contribution >= 0.6 is 11.3 Å². The molecule has 0 radical (unpaired) electrons. The molecule has 0 saturated carbocycles. The van der Waals surface area contributed by atoms with Gasteiger partial charge in [-0.25, -0.2) is 12.8 Å². The molecule has 1 aliphatic rings. The first-order valence-corrected chi connectivity index (χ1v) is 13.2. The zero-order valence-corrected chi connectivity index (χ0v) is 20.5. The molecular weight excluding hydrogens is 516 g/mol. The summed E-state index contributed by atoms with van der Waals surface area (Å²) in [6, 6.07) is 10.5. The van der Waals surface area contributed by atoms with E-state index in [9.17, 15) is 30.8 Å². The topological polar surface area (TPSA) is 57.7 Å². The molecule has 4 rings (SSSR count). The van der Waals surface area contributed by atoms with Gasteiger partial charge in [0.15, 0.2) is 0 Å². The number of fused-ring (bicyclic) bond motifs is 1. The lowest BCUT2D eigenvalue weighted by atomic mass is 9.93. The summed E-state index contributed by atoms with van der Waals surface area (Å²) in [5, 5.41) is 1.90. The number of rotatable bonds is 7. The van der Waals surface area contributed by atoms with E-state index >= 15 is 0 Å². The molecule has 1 unspecified atom stereocenters. The summed E-state index contributed by atoms with van der Waals surface area (Å²) >= 11 is 1.54. The highest BCUT2D eigenvalue weighted by Gasteiger charge is 2.36. The number of amides is 1. The Morgan fingerprint density at radius 1 is 1.17 bits per heavy atom. The Morgan fingerprint density at radius 2 is 1.89 bits per heavy atom. The number of benzene rings is 2. The Bertz CT molecular complexity index is 1370. The number of hydrogen-bond donors (Lipinski definition) is 0. The van der Waals surface area contributed by atoms with E-state index in [1.54, 1.807) is 23.5 Å². The van der Waals surface area contributed by atoms with Crippen molar-refractivity contribution in [3.8, 4) is 0 Å². The van der Waals surface area contributed by atoms with E-state index in [1.807, 2.05) is 11.4 Å². The van der Waals surface area contributed by atoms with Crippen LogP contribution in [0.4, 0.5) is 17.6 Å². The average Bonchev–Trinajstić information content (AvgIpc) is 3.32. The van der Waals surface area contributed by atoms with E-state index in [2.05, 4.69) is 6.58 Å². The molecule has 11 heteroatoms. The molecule has 1 aromatic heterocycles. The normalized spacial score (nSPS) is 16.1. The third-order valence-electron chi connectivity index (χ3n) is 5.92. The largest absolute Gasteiger partial charge is 0.416 e. The number of carbonyl (C=O) groups is 1. The molecule has 36 heavy (non-hydrogen) atoms. The summed E-state index contributed by atoms with van der Waals surface area (Å²) in [6.45, 7) is 2.97. The number of nitrogens with zero attached hydrogens (tertiary/aromatic N) is 2. The second kappa shape index (κ2) is 10.2. The molecular formula is C25H22F4N2O3S2. The molecule has 2 heterocycles. The van der Waals surface area contributed by atoms with Crippen LogP contribution in [-0.2, 0) is 27.4 Å². The van der Waals surface area contributed by atoms with Gasteiger partial charge in [0.2, 0.25) is 15.9 Å². The Balaban J connectivity index is 1.66. The van der Waals surface area contributed by atoms with Gasteiger partial charge in [0.25, 0.3) is 0 Å². The van der Waals surface area contributed by atoms with Crippen molar-refractivity contribution in [1.29, 1.82) is 0 Å². The molecule has 0 saturated heterocycles. The van der Waals surface area contributed by atoms with Crippen molar-refractivity contribution < 1.29 is 30.8 Å². The molecule has 0 bridgehead atoms. The van der Waals surface area contributed by atoms with Crippen molar-refractivity contribution in [2.75, 3.05) is 19.6 Å². The van der Waals surface area contributed by atoms with Crippen molar-refractivity contribution in [2.24, 2.45) is 0 Å².